The maximum Gasteiger partial charge on any atom is 0.347 e. The smallest absolute Gasteiger partial charge is 0.347 e. The summed E-state index contributed by atoms with van der Waals surface area (Å²) in [4.78, 5) is 10.5. The highest BCUT2D eigenvalue weighted by molar-refractivity contribution is 9.10. The van der Waals surface area contributed by atoms with Crippen LogP contribution in [0.4, 0.5) is 5.69 Å². The van der Waals surface area contributed by atoms with Gasteiger partial charge in [0.2, 0.25) is 0 Å². The van der Waals surface area contributed by atoms with Crippen LogP contribution in [0.5, 0.6) is 0 Å². The molecule has 0 saturated heterocycles. The van der Waals surface area contributed by atoms with Crippen LogP contribution in [0.15, 0.2) is 39.0 Å². The molecule has 20 heavy (non-hydrogen) atoms. The second-order valence-corrected chi connectivity index (χ2v) is 7.54. The van der Waals surface area contributed by atoms with Crippen LogP contribution in [0.25, 0.3) is 0 Å². The maximum atomic E-state index is 12.2. The van der Waals surface area contributed by atoms with Crippen LogP contribution in [0, 0.1) is 0 Å². The number of halogens is 2. The molecule has 0 saturated carbocycles. The predicted molar refractivity (Wildman–Crippen MR) is 81.2 cm³/mol. The summed E-state index contributed by atoms with van der Waals surface area (Å²) in [5, 5.41) is 10.6. The Bertz CT molecular complexity index is 772. The number of hydrogen-bond donors (Lipinski definition) is 2. The average molecular weight is 397 g/mol. The molecule has 0 spiro atoms. The molecule has 9 heteroatoms. The molecule has 0 aliphatic rings. The summed E-state index contributed by atoms with van der Waals surface area (Å²) in [5.41, 5.74) is 0.170. The van der Waals surface area contributed by atoms with Crippen LogP contribution < -0.4 is 4.72 Å². The van der Waals surface area contributed by atoms with Gasteiger partial charge in [-0.1, -0.05) is 27.5 Å². The number of carbonyl (C=O) groups is 1. The van der Waals surface area contributed by atoms with Crippen molar-refractivity contribution in [3.05, 3.63) is 44.0 Å². The second-order valence-electron chi connectivity index (χ2n) is 3.65. The van der Waals surface area contributed by atoms with E-state index in [0.29, 0.717) is 4.47 Å². The van der Waals surface area contributed by atoms with Crippen LogP contribution in [0.2, 0.25) is 5.02 Å². The highest BCUT2D eigenvalue weighted by Gasteiger charge is 2.24. The summed E-state index contributed by atoms with van der Waals surface area (Å²) in [6.07, 6.45) is 0. The van der Waals surface area contributed by atoms with Crippen molar-refractivity contribution < 1.29 is 18.3 Å². The van der Waals surface area contributed by atoms with Gasteiger partial charge in [0.25, 0.3) is 10.0 Å². The van der Waals surface area contributed by atoms with E-state index < -0.39 is 16.0 Å². The van der Waals surface area contributed by atoms with Gasteiger partial charge in [-0.2, -0.15) is 0 Å². The van der Waals surface area contributed by atoms with E-state index in [0.717, 1.165) is 11.3 Å². The van der Waals surface area contributed by atoms with Gasteiger partial charge in [-0.3, -0.25) is 4.72 Å². The number of sulfonamides is 1. The van der Waals surface area contributed by atoms with Crippen molar-refractivity contribution in [3.8, 4) is 0 Å². The van der Waals surface area contributed by atoms with Gasteiger partial charge in [0, 0.05) is 4.47 Å². The zero-order valence-electron chi connectivity index (χ0n) is 9.63. The summed E-state index contributed by atoms with van der Waals surface area (Å²) in [7, 11) is -4.01. The van der Waals surface area contributed by atoms with Crippen molar-refractivity contribution in [1.29, 1.82) is 0 Å². The lowest BCUT2D eigenvalue weighted by atomic mass is 10.3. The van der Waals surface area contributed by atoms with Gasteiger partial charge in [-0.15, -0.1) is 11.3 Å². The topological polar surface area (TPSA) is 83.5 Å². The zero-order valence-corrected chi connectivity index (χ0v) is 13.6. The Morgan fingerprint density at radius 1 is 1.35 bits per heavy atom. The summed E-state index contributed by atoms with van der Waals surface area (Å²) in [6.45, 7) is 0. The third-order valence-corrected chi connectivity index (χ3v) is 5.55. The molecule has 5 nitrogen and oxygen atoms in total. The number of hydrogen-bond acceptors (Lipinski definition) is 4. The minimum Gasteiger partial charge on any atom is -0.477 e. The largest absolute Gasteiger partial charge is 0.477 e. The molecule has 0 aliphatic carbocycles. The number of thiophene rings is 1. The first kappa shape index (κ1) is 15.3. The molecule has 106 valence electrons. The zero-order chi connectivity index (χ0) is 14.9. The van der Waals surface area contributed by atoms with E-state index in [1.807, 2.05) is 0 Å². The van der Waals surface area contributed by atoms with Crippen molar-refractivity contribution >= 4 is 60.5 Å². The molecule has 0 atom stereocenters. The van der Waals surface area contributed by atoms with Crippen molar-refractivity contribution in [2.45, 2.75) is 4.90 Å². The monoisotopic (exact) mass is 395 g/mol. The van der Waals surface area contributed by atoms with E-state index in [1.165, 1.54) is 23.6 Å². The summed E-state index contributed by atoms with van der Waals surface area (Å²) in [6, 6.07) is 5.91. The van der Waals surface area contributed by atoms with Crippen molar-refractivity contribution in [3.63, 3.8) is 0 Å². The molecule has 1 aromatic carbocycles. The average Bonchev–Trinajstić information content (AvgIpc) is 2.83. The fourth-order valence-electron chi connectivity index (χ4n) is 1.44. The van der Waals surface area contributed by atoms with Gasteiger partial charge in [0.05, 0.1) is 10.7 Å². The predicted octanol–water partition coefficient (Wildman–Crippen LogP) is 3.66. The van der Waals surface area contributed by atoms with E-state index >= 15 is 0 Å². The van der Waals surface area contributed by atoms with E-state index in [9.17, 15) is 13.2 Å². The Balaban J connectivity index is 2.44. The highest BCUT2D eigenvalue weighted by Crippen LogP contribution is 2.30. The van der Waals surface area contributed by atoms with E-state index in [2.05, 4.69) is 20.7 Å². The molecule has 0 unspecified atom stereocenters. The third-order valence-electron chi connectivity index (χ3n) is 2.29. The van der Waals surface area contributed by atoms with Crippen LogP contribution in [-0.4, -0.2) is 19.5 Å². The third kappa shape index (κ3) is 3.14. The second kappa shape index (κ2) is 5.72. The number of rotatable bonds is 4. The van der Waals surface area contributed by atoms with Crippen LogP contribution in [0.3, 0.4) is 0 Å². The molecule has 0 fully saturated rings. The van der Waals surface area contributed by atoms with Crippen LogP contribution in [-0.2, 0) is 10.0 Å². The number of carboxylic acid groups (broad SMARTS) is 1. The molecular formula is C11H7BrClNO4S2. The normalized spacial score (nSPS) is 11.3. The summed E-state index contributed by atoms with van der Waals surface area (Å²) < 4.78 is 27.3. The quantitative estimate of drug-likeness (QED) is 0.826. The Morgan fingerprint density at radius 3 is 2.70 bits per heavy atom. The standard InChI is InChI=1S/C11H7BrClNO4S2/c12-6-1-2-7(13)8(5-6)14-20(17,18)9-3-4-19-10(9)11(15)16/h1-5,14H,(H,15,16). The van der Waals surface area contributed by atoms with Gasteiger partial charge in [0.15, 0.2) is 0 Å². The van der Waals surface area contributed by atoms with Gasteiger partial charge < -0.3 is 5.11 Å². The van der Waals surface area contributed by atoms with E-state index in [1.54, 1.807) is 6.07 Å². The Kier molecular flexibility index (Phi) is 4.38. The first-order chi connectivity index (χ1) is 9.31. The van der Waals surface area contributed by atoms with Crippen molar-refractivity contribution in [2.24, 2.45) is 0 Å². The molecule has 1 heterocycles. The van der Waals surface area contributed by atoms with Gasteiger partial charge in [-0.05, 0) is 29.6 Å². The summed E-state index contributed by atoms with van der Waals surface area (Å²) in [5.74, 6) is -1.29. The van der Waals surface area contributed by atoms with Gasteiger partial charge >= 0.3 is 5.97 Å². The number of benzene rings is 1. The fourth-order valence-corrected chi connectivity index (χ4v) is 4.35. The highest BCUT2D eigenvalue weighted by atomic mass is 79.9. The number of anilines is 1. The van der Waals surface area contributed by atoms with Crippen LogP contribution in [0.1, 0.15) is 9.67 Å². The molecule has 2 N–H and O–H groups in total. The minimum atomic E-state index is -4.01. The maximum absolute atomic E-state index is 12.2. The SMILES string of the molecule is O=C(O)c1sccc1S(=O)(=O)Nc1cc(Br)ccc1Cl. The molecule has 2 aromatic rings. The Morgan fingerprint density at radius 2 is 2.05 bits per heavy atom. The molecule has 1 aromatic heterocycles. The molecular weight excluding hydrogens is 390 g/mol. The number of carboxylic acids is 1. The first-order valence-electron chi connectivity index (χ1n) is 5.10. The molecule has 0 aliphatic heterocycles. The summed E-state index contributed by atoms with van der Waals surface area (Å²) >= 11 is 9.95. The molecule has 0 bridgehead atoms. The van der Waals surface area contributed by atoms with Gasteiger partial charge in [0.1, 0.15) is 9.77 Å². The molecule has 0 radical (unpaired) electrons. The van der Waals surface area contributed by atoms with Crippen LogP contribution >= 0.6 is 38.9 Å². The molecule has 0 amide bonds. The van der Waals surface area contributed by atoms with E-state index in [-0.39, 0.29) is 20.5 Å². The molecule has 2 rings (SSSR count). The fraction of sp³-hybridized carbons (Fsp3) is 0. The number of aromatic carboxylic acids is 1. The van der Waals surface area contributed by atoms with E-state index in [4.69, 9.17) is 16.7 Å². The lowest BCUT2D eigenvalue weighted by Crippen LogP contribution is -2.15. The minimum absolute atomic E-state index is 0.170. The lowest BCUT2D eigenvalue weighted by molar-refractivity contribution is 0.0698. The first-order valence-corrected chi connectivity index (χ1v) is 8.63. The lowest BCUT2D eigenvalue weighted by Gasteiger charge is -2.09. The van der Waals surface area contributed by atoms with Gasteiger partial charge in [-0.25, -0.2) is 13.2 Å². The Labute approximate surface area is 132 Å². The number of nitrogens with one attached hydrogen (secondary N) is 1. The van der Waals surface area contributed by atoms with Crippen molar-refractivity contribution in [1.82, 2.24) is 0 Å². The van der Waals surface area contributed by atoms with Crippen molar-refractivity contribution in [2.75, 3.05) is 4.72 Å². The Hall–Kier alpha value is -1.09.